The molecule has 1 aliphatic rings. The Bertz CT molecular complexity index is 261. The SMILES string of the molecule is CCC(CC)NC(=O)C(C)NC(C)C1CCOCC1. The van der Waals surface area contributed by atoms with E-state index in [-0.39, 0.29) is 11.9 Å². The molecule has 0 aromatic rings. The first-order valence-electron chi connectivity index (χ1n) is 7.72. The van der Waals surface area contributed by atoms with Gasteiger partial charge < -0.3 is 15.4 Å². The first-order chi connectivity index (χ1) is 9.08. The van der Waals surface area contributed by atoms with Gasteiger partial charge >= 0.3 is 0 Å². The minimum Gasteiger partial charge on any atom is -0.381 e. The normalized spacial score (nSPS) is 20.3. The van der Waals surface area contributed by atoms with Crippen LogP contribution in [0.3, 0.4) is 0 Å². The van der Waals surface area contributed by atoms with Gasteiger partial charge in [0.15, 0.2) is 0 Å². The highest BCUT2D eigenvalue weighted by molar-refractivity contribution is 5.81. The number of ether oxygens (including phenoxy) is 1. The van der Waals surface area contributed by atoms with Crippen LogP contribution in [0.2, 0.25) is 0 Å². The summed E-state index contributed by atoms with van der Waals surface area (Å²) in [6.45, 7) is 10.1. The number of rotatable bonds is 7. The maximum absolute atomic E-state index is 12.1. The van der Waals surface area contributed by atoms with Crippen molar-refractivity contribution in [1.29, 1.82) is 0 Å². The number of carbonyl (C=O) groups excluding carboxylic acids is 1. The monoisotopic (exact) mass is 270 g/mol. The summed E-state index contributed by atoms with van der Waals surface area (Å²) in [7, 11) is 0. The van der Waals surface area contributed by atoms with Crippen molar-refractivity contribution in [3.05, 3.63) is 0 Å². The van der Waals surface area contributed by atoms with E-state index >= 15 is 0 Å². The zero-order chi connectivity index (χ0) is 14.3. The van der Waals surface area contributed by atoms with Gasteiger partial charge in [-0.25, -0.2) is 0 Å². The van der Waals surface area contributed by atoms with Gasteiger partial charge in [0.05, 0.1) is 6.04 Å². The van der Waals surface area contributed by atoms with Crippen molar-refractivity contribution in [2.75, 3.05) is 13.2 Å². The van der Waals surface area contributed by atoms with Crippen molar-refractivity contribution in [1.82, 2.24) is 10.6 Å². The molecule has 4 heteroatoms. The van der Waals surface area contributed by atoms with Gasteiger partial charge in [0.25, 0.3) is 0 Å². The van der Waals surface area contributed by atoms with Crippen molar-refractivity contribution in [2.45, 2.75) is 71.5 Å². The van der Waals surface area contributed by atoms with Crippen LogP contribution in [-0.4, -0.2) is 37.2 Å². The standard InChI is InChI=1S/C15H30N2O2/c1-5-14(6-2)17-15(18)12(4)16-11(3)13-7-9-19-10-8-13/h11-14,16H,5-10H2,1-4H3,(H,17,18). The van der Waals surface area contributed by atoms with Gasteiger partial charge in [0.1, 0.15) is 0 Å². The molecule has 0 saturated carbocycles. The number of nitrogens with one attached hydrogen (secondary N) is 2. The number of carbonyl (C=O) groups is 1. The van der Waals surface area contributed by atoms with Crippen molar-refractivity contribution in [3.63, 3.8) is 0 Å². The molecule has 2 N–H and O–H groups in total. The maximum Gasteiger partial charge on any atom is 0.237 e. The predicted molar refractivity (Wildman–Crippen MR) is 78.1 cm³/mol. The van der Waals surface area contributed by atoms with Crippen LogP contribution >= 0.6 is 0 Å². The maximum atomic E-state index is 12.1. The molecule has 4 nitrogen and oxygen atoms in total. The summed E-state index contributed by atoms with van der Waals surface area (Å²) < 4.78 is 5.38. The zero-order valence-corrected chi connectivity index (χ0v) is 12.9. The van der Waals surface area contributed by atoms with Crippen LogP contribution in [0.25, 0.3) is 0 Å². The summed E-state index contributed by atoms with van der Waals surface area (Å²) in [5.74, 6) is 0.741. The summed E-state index contributed by atoms with van der Waals surface area (Å²) in [6.07, 6.45) is 4.17. The second-order valence-electron chi connectivity index (χ2n) is 5.65. The van der Waals surface area contributed by atoms with Gasteiger partial charge in [-0.15, -0.1) is 0 Å². The third-order valence-corrected chi connectivity index (χ3v) is 4.21. The fourth-order valence-corrected chi connectivity index (χ4v) is 2.64. The van der Waals surface area contributed by atoms with Crippen LogP contribution in [0.5, 0.6) is 0 Å². The van der Waals surface area contributed by atoms with Crippen molar-refractivity contribution < 1.29 is 9.53 Å². The topological polar surface area (TPSA) is 50.4 Å². The first kappa shape index (κ1) is 16.4. The average Bonchev–Trinajstić information content (AvgIpc) is 2.45. The Hall–Kier alpha value is -0.610. The molecule has 0 aromatic heterocycles. The molecule has 2 atom stereocenters. The zero-order valence-electron chi connectivity index (χ0n) is 12.9. The Balaban J connectivity index is 2.35. The lowest BCUT2D eigenvalue weighted by Crippen LogP contribution is -2.50. The summed E-state index contributed by atoms with van der Waals surface area (Å²) >= 11 is 0. The van der Waals surface area contributed by atoms with Gasteiger partial charge in [-0.2, -0.15) is 0 Å². The highest BCUT2D eigenvalue weighted by atomic mass is 16.5. The molecule has 0 aliphatic carbocycles. The number of hydrogen-bond acceptors (Lipinski definition) is 3. The fourth-order valence-electron chi connectivity index (χ4n) is 2.64. The number of amides is 1. The first-order valence-corrected chi connectivity index (χ1v) is 7.72. The largest absolute Gasteiger partial charge is 0.381 e. The van der Waals surface area contributed by atoms with Crippen LogP contribution in [-0.2, 0) is 9.53 Å². The molecule has 0 spiro atoms. The van der Waals surface area contributed by atoms with Gasteiger partial charge in [-0.1, -0.05) is 13.8 Å². The van der Waals surface area contributed by atoms with E-state index in [9.17, 15) is 4.79 Å². The van der Waals surface area contributed by atoms with E-state index in [1.165, 1.54) is 0 Å². The minimum atomic E-state index is -0.126. The summed E-state index contributed by atoms with van der Waals surface area (Å²) in [5.41, 5.74) is 0. The van der Waals surface area contributed by atoms with E-state index in [0.29, 0.717) is 18.0 Å². The van der Waals surface area contributed by atoms with E-state index in [2.05, 4.69) is 31.4 Å². The molecule has 1 aliphatic heterocycles. The average molecular weight is 270 g/mol. The van der Waals surface area contributed by atoms with E-state index < -0.39 is 0 Å². The van der Waals surface area contributed by atoms with E-state index in [1.54, 1.807) is 0 Å². The molecule has 1 rings (SSSR count). The highest BCUT2D eigenvalue weighted by Crippen LogP contribution is 2.18. The van der Waals surface area contributed by atoms with E-state index in [0.717, 1.165) is 38.9 Å². The summed E-state index contributed by atoms with van der Waals surface area (Å²) in [4.78, 5) is 12.1. The second-order valence-corrected chi connectivity index (χ2v) is 5.65. The molecule has 1 heterocycles. The van der Waals surface area contributed by atoms with Crippen molar-refractivity contribution in [2.24, 2.45) is 5.92 Å². The lowest BCUT2D eigenvalue weighted by Gasteiger charge is -2.30. The molecule has 112 valence electrons. The Labute approximate surface area is 117 Å². The Morgan fingerprint density at radius 2 is 1.79 bits per heavy atom. The van der Waals surface area contributed by atoms with Crippen LogP contribution in [0.4, 0.5) is 0 Å². The number of hydrogen-bond donors (Lipinski definition) is 2. The second kappa shape index (κ2) is 8.54. The molecule has 0 bridgehead atoms. The fraction of sp³-hybridized carbons (Fsp3) is 0.933. The molecule has 2 unspecified atom stereocenters. The van der Waals surface area contributed by atoms with Crippen LogP contribution in [0.15, 0.2) is 0 Å². The van der Waals surface area contributed by atoms with Crippen LogP contribution in [0.1, 0.15) is 53.4 Å². The van der Waals surface area contributed by atoms with E-state index in [1.807, 2.05) is 6.92 Å². The lowest BCUT2D eigenvalue weighted by molar-refractivity contribution is -0.123. The van der Waals surface area contributed by atoms with Gasteiger partial charge in [0.2, 0.25) is 5.91 Å². The van der Waals surface area contributed by atoms with E-state index in [4.69, 9.17) is 4.74 Å². The lowest BCUT2D eigenvalue weighted by atomic mass is 9.92. The van der Waals surface area contributed by atoms with Gasteiger partial charge in [0, 0.05) is 25.3 Å². The Morgan fingerprint density at radius 3 is 2.32 bits per heavy atom. The van der Waals surface area contributed by atoms with Crippen molar-refractivity contribution in [3.8, 4) is 0 Å². The molecule has 0 radical (unpaired) electrons. The molecular formula is C15H30N2O2. The molecule has 1 amide bonds. The molecule has 1 fully saturated rings. The smallest absolute Gasteiger partial charge is 0.237 e. The molecule has 0 aromatic carbocycles. The highest BCUT2D eigenvalue weighted by Gasteiger charge is 2.24. The molecule has 1 saturated heterocycles. The minimum absolute atomic E-state index is 0.118. The Kier molecular flexibility index (Phi) is 7.39. The van der Waals surface area contributed by atoms with Crippen LogP contribution < -0.4 is 10.6 Å². The predicted octanol–water partition coefficient (Wildman–Crippen LogP) is 2.08. The third kappa shape index (κ3) is 5.49. The van der Waals surface area contributed by atoms with Gasteiger partial charge in [-0.05, 0) is 45.4 Å². The summed E-state index contributed by atoms with van der Waals surface area (Å²) in [6, 6.07) is 0.542. The van der Waals surface area contributed by atoms with Gasteiger partial charge in [-0.3, -0.25) is 4.79 Å². The molecule has 19 heavy (non-hydrogen) atoms. The quantitative estimate of drug-likeness (QED) is 0.745. The van der Waals surface area contributed by atoms with Crippen LogP contribution in [0, 0.1) is 5.92 Å². The summed E-state index contributed by atoms with van der Waals surface area (Å²) in [5, 5.41) is 6.53. The molecular weight excluding hydrogens is 240 g/mol. The third-order valence-electron chi connectivity index (χ3n) is 4.21. The van der Waals surface area contributed by atoms with Crippen molar-refractivity contribution >= 4 is 5.91 Å². The Morgan fingerprint density at radius 1 is 1.21 bits per heavy atom.